The third kappa shape index (κ3) is 3.29. The predicted octanol–water partition coefficient (Wildman–Crippen LogP) is 4.61. The average molecular weight is 308 g/mol. The van der Waals surface area contributed by atoms with Gasteiger partial charge in [-0.05, 0) is 49.6 Å². The Morgan fingerprint density at radius 2 is 1.96 bits per heavy atom. The Hall–Kier alpha value is -2.55. The lowest BCUT2D eigenvalue weighted by Gasteiger charge is -2.27. The molecule has 1 heterocycles. The monoisotopic (exact) mass is 308 g/mol. The van der Waals surface area contributed by atoms with Crippen LogP contribution in [0.5, 0.6) is 11.5 Å². The summed E-state index contributed by atoms with van der Waals surface area (Å²) in [7, 11) is 0. The number of carbonyl (C=O) groups excluding carboxylic acids is 1. The molecule has 2 aromatic rings. The van der Waals surface area contributed by atoms with Crippen LogP contribution in [0.1, 0.15) is 47.9 Å². The van der Waals surface area contributed by atoms with E-state index >= 15 is 0 Å². The van der Waals surface area contributed by atoms with Gasteiger partial charge in [0.05, 0.1) is 12.0 Å². The molecule has 0 spiro atoms. The Kier molecular flexibility index (Phi) is 4.20. The Morgan fingerprint density at radius 3 is 2.65 bits per heavy atom. The van der Waals surface area contributed by atoms with E-state index in [2.05, 4.69) is 19.9 Å². The first kappa shape index (κ1) is 15.3. The summed E-state index contributed by atoms with van der Waals surface area (Å²) >= 11 is 0. The van der Waals surface area contributed by atoms with Gasteiger partial charge in [0.15, 0.2) is 5.78 Å². The van der Waals surface area contributed by atoms with Crippen LogP contribution in [0, 0.1) is 0 Å². The van der Waals surface area contributed by atoms with E-state index < -0.39 is 0 Å². The number of allylic oxidation sites excluding steroid dienone is 2. The number of carbonyl (C=O) groups is 1. The number of ether oxygens (including phenoxy) is 1. The van der Waals surface area contributed by atoms with Crippen molar-refractivity contribution in [1.82, 2.24) is 0 Å². The Bertz CT molecular complexity index is 753. The van der Waals surface area contributed by atoms with Gasteiger partial charge in [0.25, 0.3) is 0 Å². The van der Waals surface area contributed by atoms with Crippen molar-refractivity contribution in [2.45, 2.75) is 32.8 Å². The standard InChI is InChI=1S/C20H20O3/c1-13(2)6-7-15-4-3-5-17-18(22)12-19(23-20(15)17)14-8-10-16(21)11-9-14/h3-6,8-11,19,21H,7,12H2,1-2H3/t19-/m0/s1. The molecule has 1 aliphatic rings. The summed E-state index contributed by atoms with van der Waals surface area (Å²) in [5, 5.41) is 9.42. The molecule has 2 aromatic carbocycles. The molecule has 0 bridgehead atoms. The summed E-state index contributed by atoms with van der Waals surface area (Å²) in [5.74, 6) is 1.00. The van der Waals surface area contributed by atoms with Gasteiger partial charge in [-0.2, -0.15) is 0 Å². The Labute approximate surface area is 136 Å². The number of phenolic OH excluding ortho intramolecular Hbond substituents is 1. The molecule has 0 unspecified atom stereocenters. The van der Waals surface area contributed by atoms with Crippen LogP contribution in [0.15, 0.2) is 54.1 Å². The maximum absolute atomic E-state index is 12.5. The molecule has 0 aliphatic carbocycles. The minimum absolute atomic E-state index is 0.100. The number of rotatable bonds is 3. The fourth-order valence-corrected chi connectivity index (χ4v) is 2.76. The predicted molar refractivity (Wildman–Crippen MR) is 90.0 cm³/mol. The fourth-order valence-electron chi connectivity index (χ4n) is 2.76. The van der Waals surface area contributed by atoms with Crippen molar-refractivity contribution in [1.29, 1.82) is 0 Å². The lowest BCUT2D eigenvalue weighted by atomic mass is 9.93. The van der Waals surface area contributed by atoms with Crippen molar-refractivity contribution < 1.29 is 14.6 Å². The minimum atomic E-state index is -0.302. The van der Waals surface area contributed by atoms with Crippen LogP contribution in [-0.4, -0.2) is 10.9 Å². The van der Waals surface area contributed by atoms with Crippen molar-refractivity contribution in [2.24, 2.45) is 0 Å². The normalized spacial score (nSPS) is 16.4. The Balaban J connectivity index is 1.95. The SMILES string of the molecule is CC(C)=CCc1cccc2c1O[C@H](c1ccc(O)cc1)CC2=O. The molecule has 118 valence electrons. The zero-order valence-electron chi connectivity index (χ0n) is 13.4. The smallest absolute Gasteiger partial charge is 0.170 e. The molecule has 1 N–H and O–H groups in total. The van der Waals surface area contributed by atoms with Crippen LogP contribution in [0.25, 0.3) is 0 Å². The molecule has 0 saturated heterocycles. The molecule has 3 heteroatoms. The van der Waals surface area contributed by atoms with Gasteiger partial charge in [-0.3, -0.25) is 4.79 Å². The maximum atomic E-state index is 12.5. The number of Topliss-reactive ketones (excluding diaryl/α,β-unsaturated/α-hetero) is 1. The highest BCUT2D eigenvalue weighted by Gasteiger charge is 2.29. The largest absolute Gasteiger partial charge is 0.508 e. The number of hydrogen-bond acceptors (Lipinski definition) is 3. The molecule has 1 atom stereocenters. The van der Waals surface area contributed by atoms with Gasteiger partial charge < -0.3 is 9.84 Å². The van der Waals surface area contributed by atoms with Gasteiger partial charge in [-0.25, -0.2) is 0 Å². The van der Waals surface area contributed by atoms with Gasteiger partial charge in [-0.15, -0.1) is 0 Å². The van der Waals surface area contributed by atoms with Gasteiger partial charge in [0.2, 0.25) is 0 Å². The second-order valence-electron chi connectivity index (χ2n) is 6.10. The average Bonchev–Trinajstić information content (AvgIpc) is 2.53. The summed E-state index contributed by atoms with van der Waals surface area (Å²) in [4.78, 5) is 12.5. The molecule has 0 radical (unpaired) electrons. The van der Waals surface area contributed by atoms with Crippen molar-refractivity contribution in [3.63, 3.8) is 0 Å². The second kappa shape index (κ2) is 6.29. The van der Waals surface area contributed by atoms with Crippen LogP contribution < -0.4 is 4.74 Å². The molecule has 0 amide bonds. The van der Waals surface area contributed by atoms with Gasteiger partial charge in [-0.1, -0.05) is 35.9 Å². The number of hydrogen-bond donors (Lipinski definition) is 1. The van der Waals surface area contributed by atoms with Gasteiger partial charge >= 0.3 is 0 Å². The highest BCUT2D eigenvalue weighted by Crippen LogP contribution is 2.38. The van der Waals surface area contributed by atoms with E-state index in [9.17, 15) is 9.90 Å². The molecule has 0 saturated carbocycles. The third-order valence-corrected chi connectivity index (χ3v) is 4.02. The molecule has 1 aliphatic heterocycles. The fraction of sp³-hybridized carbons (Fsp3) is 0.250. The summed E-state index contributed by atoms with van der Waals surface area (Å²) in [6.07, 6.45) is 2.90. The Morgan fingerprint density at radius 1 is 1.22 bits per heavy atom. The molecular weight excluding hydrogens is 288 g/mol. The zero-order valence-corrected chi connectivity index (χ0v) is 13.4. The summed E-state index contributed by atoms with van der Waals surface area (Å²) in [6, 6.07) is 12.6. The highest BCUT2D eigenvalue weighted by atomic mass is 16.5. The van der Waals surface area contributed by atoms with Crippen LogP contribution in [0.3, 0.4) is 0 Å². The zero-order chi connectivity index (χ0) is 16.4. The summed E-state index contributed by atoms with van der Waals surface area (Å²) < 4.78 is 6.16. The number of fused-ring (bicyclic) bond motifs is 1. The minimum Gasteiger partial charge on any atom is -0.508 e. The van der Waals surface area contributed by atoms with E-state index in [0.29, 0.717) is 17.7 Å². The molecular formula is C20H20O3. The van der Waals surface area contributed by atoms with Crippen LogP contribution >= 0.6 is 0 Å². The molecule has 3 nitrogen and oxygen atoms in total. The number of phenols is 1. The van der Waals surface area contributed by atoms with Crippen LogP contribution in [0.2, 0.25) is 0 Å². The van der Waals surface area contributed by atoms with E-state index in [1.54, 1.807) is 24.3 Å². The molecule has 3 rings (SSSR count). The first-order chi connectivity index (χ1) is 11.0. The van der Waals surface area contributed by atoms with Crippen LogP contribution in [-0.2, 0) is 6.42 Å². The van der Waals surface area contributed by atoms with Crippen molar-refractivity contribution in [3.8, 4) is 11.5 Å². The van der Waals surface area contributed by atoms with Gasteiger partial charge in [0, 0.05) is 0 Å². The number of para-hydroxylation sites is 1. The summed E-state index contributed by atoms with van der Waals surface area (Å²) in [6.45, 7) is 4.11. The quantitative estimate of drug-likeness (QED) is 0.842. The van der Waals surface area contributed by atoms with E-state index in [-0.39, 0.29) is 17.6 Å². The second-order valence-corrected chi connectivity index (χ2v) is 6.10. The van der Waals surface area contributed by atoms with Crippen molar-refractivity contribution in [2.75, 3.05) is 0 Å². The van der Waals surface area contributed by atoms with E-state index in [1.807, 2.05) is 18.2 Å². The third-order valence-electron chi connectivity index (χ3n) is 4.02. The maximum Gasteiger partial charge on any atom is 0.170 e. The van der Waals surface area contributed by atoms with Gasteiger partial charge in [0.1, 0.15) is 17.6 Å². The number of ketones is 1. The molecule has 0 aromatic heterocycles. The molecule has 23 heavy (non-hydrogen) atoms. The first-order valence-electron chi connectivity index (χ1n) is 7.78. The molecule has 0 fully saturated rings. The summed E-state index contributed by atoms with van der Waals surface area (Å²) in [5.41, 5.74) is 3.83. The number of benzene rings is 2. The van der Waals surface area contributed by atoms with E-state index in [1.165, 1.54) is 5.57 Å². The van der Waals surface area contributed by atoms with E-state index in [0.717, 1.165) is 17.5 Å². The number of aromatic hydroxyl groups is 1. The lowest BCUT2D eigenvalue weighted by molar-refractivity contribution is 0.0848. The van der Waals surface area contributed by atoms with E-state index in [4.69, 9.17) is 4.74 Å². The van der Waals surface area contributed by atoms with Crippen molar-refractivity contribution >= 4 is 5.78 Å². The lowest BCUT2D eigenvalue weighted by Crippen LogP contribution is -2.21. The topological polar surface area (TPSA) is 46.5 Å². The van der Waals surface area contributed by atoms with Crippen LogP contribution in [0.4, 0.5) is 0 Å². The highest BCUT2D eigenvalue weighted by molar-refractivity contribution is 6.00. The van der Waals surface area contributed by atoms with Crippen molar-refractivity contribution in [3.05, 3.63) is 70.8 Å². The first-order valence-corrected chi connectivity index (χ1v) is 7.78.